The van der Waals surface area contributed by atoms with Crippen LogP contribution in [0.15, 0.2) is 18.2 Å². The Labute approximate surface area is 119 Å². The van der Waals surface area contributed by atoms with E-state index >= 15 is 0 Å². The molecule has 0 amide bonds. The van der Waals surface area contributed by atoms with Crippen LogP contribution in [-0.4, -0.2) is 34.7 Å². The Morgan fingerprint density at radius 3 is 2.67 bits per heavy atom. The molecule has 0 heterocycles. The molecule has 1 aromatic carbocycles. The number of methoxy groups -OCH3 is 1. The highest BCUT2D eigenvalue weighted by Gasteiger charge is 2.20. The normalized spacial score (nSPS) is 14.1. The maximum absolute atomic E-state index is 11.3. The summed E-state index contributed by atoms with van der Waals surface area (Å²) in [5, 5.41) is 20.3. The summed E-state index contributed by atoms with van der Waals surface area (Å²) < 4.78 is 4.56. The Kier molecular flexibility index (Phi) is 6.08. The van der Waals surface area contributed by atoms with E-state index in [-0.39, 0.29) is 10.6 Å². The van der Waals surface area contributed by atoms with E-state index in [0.717, 1.165) is 0 Å². The van der Waals surface area contributed by atoms with E-state index in [2.05, 4.69) is 20.7 Å². The zero-order chi connectivity index (χ0) is 13.7. The van der Waals surface area contributed by atoms with Gasteiger partial charge in [-0.3, -0.25) is 0 Å². The first kappa shape index (κ1) is 15.4. The predicted octanol–water partition coefficient (Wildman–Crippen LogP) is 2.31. The number of esters is 1. The topological polar surface area (TPSA) is 66.8 Å². The molecule has 4 nitrogen and oxygen atoms in total. The molecule has 2 unspecified atom stereocenters. The van der Waals surface area contributed by atoms with Crippen molar-refractivity contribution in [2.24, 2.45) is 0 Å². The van der Waals surface area contributed by atoms with Gasteiger partial charge in [0, 0.05) is 5.33 Å². The highest BCUT2D eigenvalue weighted by Crippen LogP contribution is 2.25. The molecule has 0 aliphatic rings. The maximum Gasteiger partial charge on any atom is 0.339 e. The van der Waals surface area contributed by atoms with Crippen LogP contribution in [0.3, 0.4) is 0 Å². The molecule has 0 aromatic heterocycles. The number of hydrogen-bond acceptors (Lipinski definition) is 4. The second-order valence-corrected chi connectivity index (χ2v) is 4.92. The van der Waals surface area contributed by atoms with Gasteiger partial charge in [-0.25, -0.2) is 4.79 Å². The van der Waals surface area contributed by atoms with Crippen LogP contribution in [0.4, 0.5) is 0 Å². The molecule has 0 saturated heterocycles. The van der Waals surface area contributed by atoms with E-state index in [1.807, 2.05) is 0 Å². The minimum Gasteiger partial charge on any atom is -0.465 e. The number of halogens is 2. The van der Waals surface area contributed by atoms with Crippen LogP contribution in [0.2, 0.25) is 5.02 Å². The van der Waals surface area contributed by atoms with Crippen LogP contribution < -0.4 is 0 Å². The van der Waals surface area contributed by atoms with Gasteiger partial charge in [-0.1, -0.05) is 33.6 Å². The minimum absolute atomic E-state index is 0.185. The van der Waals surface area contributed by atoms with E-state index in [4.69, 9.17) is 11.6 Å². The summed E-state index contributed by atoms with van der Waals surface area (Å²) in [5.41, 5.74) is 0.686. The summed E-state index contributed by atoms with van der Waals surface area (Å²) in [7, 11) is 1.27. The standard InChI is InChI=1S/C12H14BrClO4/c1-18-12(17)8-3-2-7(6-9(8)14)11(16)10(15)4-5-13/h2-3,6,10-11,15-16H,4-5H2,1H3. The third-order valence-electron chi connectivity index (χ3n) is 2.51. The van der Waals surface area contributed by atoms with Crippen LogP contribution in [0.25, 0.3) is 0 Å². The van der Waals surface area contributed by atoms with E-state index < -0.39 is 18.2 Å². The first-order chi connectivity index (χ1) is 8.51. The molecule has 0 fully saturated rings. The Morgan fingerprint density at radius 2 is 2.17 bits per heavy atom. The van der Waals surface area contributed by atoms with E-state index in [9.17, 15) is 15.0 Å². The molecular formula is C12H14BrClO4. The first-order valence-electron chi connectivity index (χ1n) is 5.31. The van der Waals surface area contributed by atoms with Gasteiger partial charge in [0.2, 0.25) is 0 Å². The third kappa shape index (κ3) is 3.68. The molecular weight excluding hydrogens is 323 g/mol. The third-order valence-corrected chi connectivity index (χ3v) is 3.28. The molecule has 2 atom stereocenters. The molecule has 1 aromatic rings. The molecule has 0 radical (unpaired) electrons. The van der Waals surface area contributed by atoms with Gasteiger partial charge in [-0.2, -0.15) is 0 Å². The summed E-state index contributed by atoms with van der Waals surface area (Å²) in [4.78, 5) is 11.3. The number of aliphatic hydroxyl groups is 2. The number of carbonyl (C=O) groups excluding carboxylic acids is 1. The lowest BCUT2D eigenvalue weighted by Gasteiger charge is -2.17. The van der Waals surface area contributed by atoms with Crippen LogP contribution in [0, 0.1) is 0 Å². The number of benzene rings is 1. The van der Waals surface area contributed by atoms with Crippen LogP contribution >= 0.6 is 27.5 Å². The zero-order valence-electron chi connectivity index (χ0n) is 9.77. The van der Waals surface area contributed by atoms with Gasteiger partial charge >= 0.3 is 5.97 Å². The second kappa shape index (κ2) is 7.09. The Hall–Kier alpha value is -0.620. The lowest BCUT2D eigenvalue weighted by molar-refractivity contribution is 0.0173. The molecule has 0 spiro atoms. The second-order valence-electron chi connectivity index (χ2n) is 3.72. The largest absolute Gasteiger partial charge is 0.465 e. The Morgan fingerprint density at radius 1 is 1.50 bits per heavy atom. The van der Waals surface area contributed by atoms with Crippen molar-refractivity contribution in [3.8, 4) is 0 Å². The SMILES string of the molecule is COC(=O)c1ccc(C(O)C(O)CCBr)cc1Cl. The Bertz CT molecular complexity index is 425. The van der Waals surface area contributed by atoms with Crippen molar-refractivity contribution in [2.45, 2.75) is 18.6 Å². The average Bonchev–Trinajstić information content (AvgIpc) is 2.37. The van der Waals surface area contributed by atoms with Crippen molar-refractivity contribution < 1.29 is 19.7 Å². The van der Waals surface area contributed by atoms with Crippen molar-refractivity contribution in [1.82, 2.24) is 0 Å². The summed E-state index contributed by atoms with van der Waals surface area (Å²) in [6.45, 7) is 0. The monoisotopic (exact) mass is 336 g/mol. The van der Waals surface area contributed by atoms with Gasteiger partial charge in [0.1, 0.15) is 6.10 Å². The lowest BCUT2D eigenvalue weighted by Crippen LogP contribution is -2.18. The van der Waals surface area contributed by atoms with Gasteiger partial charge in [0.15, 0.2) is 0 Å². The zero-order valence-corrected chi connectivity index (χ0v) is 12.1. The lowest BCUT2D eigenvalue weighted by atomic mass is 10.0. The maximum atomic E-state index is 11.3. The highest BCUT2D eigenvalue weighted by atomic mass is 79.9. The minimum atomic E-state index is -1.04. The van der Waals surface area contributed by atoms with Gasteiger partial charge < -0.3 is 14.9 Å². The molecule has 6 heteroatoms. The molecule has 18 heavy (non-hydrogen) atoms. The number of alkyl halides is 1. The van der Waals surface area contributed by atoms with Crippen molar-refractivity contribution in [3.63, 3.8) is 0 Å². The molecule has 0 saturated carbocycles. The Balaban J connectivity index is 2.93. The van der Waals surface area contributed by atoms with Crippen molar-refractivity contribution in [1.29, 1.82) is 0 Å². The van der Waals surface area contributed by atoms with Crippen molar-refractivity contribution >= 4 is 33.5 Å². The van der Waals surface area contributed by atoms with E-state index in [0.29, 0.717) is 17.3 Å². The fourth-order valence-electron chi connectivity index (χ4n) is 1.48. The molecule has 100 valence electrons. The number of aliphatic hydroxyl groups excluding tert-OH is 2. The van der Waals surface area contributed by atoms with Crippen molar-refractivity contribution in [2.75, 3.05) is 12.4 Å². The molecule has 0 aliphatic carbocycles. The van der Waals surface area contributed by atoms with Crippen LogP contribution in [0.5, 0.6) is 0 Å². The quantitative estimate of drug-likeness (QED) is 0.639. The van der Waals surface area contributed by atoms with Gasteiger partial charge in [0.25, 0.3) is 0 Å². The molecule has 1 rings (SSSR count). The van der Waals surface area contributed by atoms with Crippen LogP contribution in [-0.2, 0) is 4.74 Å². The summed E-state index contributed by atoms with van der Waals surface area (Å²) in [6.07, 6.45) is -1.51. The van der Waals surface area contributed by atoms with Gasteiger partial charge in [0.05, 0.1) is 23.8 Å². The van der Waals surface area contributed by atoms with E-state index in [1.54, 1.807) is 6.07 Å². The average molecular weight is 338 g/mol. The summed E-state index contributed by atoms with van der Waals surface area (Å²) in [5.74, 6) is -0.540. The first-order valence-corrected chi connectivity index (χ1v) is 6.81. The number of ether oxygens (including phenoxy) is 1. The number of rotatable bonds is 5. The summed E-state index contributed by atoms with van der Waals surface area (Å²) in [6, 6.07) is 4.46. The fraction of sp³-hybridized carbons (Fsp3) is 0.417. The van der Waals surface area contributed by atoms with Crippen molar-refractivity contribution in [3.05, 3.63) is 34.3 Å². The fourth-order valence-corrected chi connectivity index (χ4v) is 2.22. The van der Waals surface area contributed by atoms with Gasteiger partial charge in [-0.05, 0) is 24.1 Å². The van der Waals surface area contributed by atoms with Crippen LogP contribution in [0.1, 0.15) is 28.4 Å². The smallest absolute Gasteiger partial charge is 0.339 e. The van der Waals surface area contributed by atoms with Gasteiger partial charge in [-0.15, -0.1) is 0 Å². The number of hydrogen-bond donors (Lipinski definition) is 2. The molecule has 0 bridgehead atoms. The predicted molar refractivity (Wildman–Crippen MR) is 72.2 cm³/mol. The number of carbonyl (C=O) groups is 1. The van der Waals surface area contributed by atoms with E-state index in [1.165, 1.54) is 19.2 Å². The highest BCUT2D eigenvalue weighted by molar-refractivity contribution is 9.09. The molecule has 2 N–H and O–H groups in total. The summed E-state index contributed by atoms with van der Waals surface area (Å²) >= 11 is 9.11. The molecule has 0 aliphatic heterocycles.